The molecule has 9 heteroatoms. The fourth-order valence-electron chi connectivity index (χ4n) is 2.43. The van der Waals surface area contributed by atoms with Crippen LogP contribution in [0.1, 0.15) is 11.6 Å². The number of carbonyl (C=O) groups is 1. The van der Waals surface area contributed by atoms with Crippen LogP contribution in [0.3, 0.4) is 0 Å². The Labute approximate surface area is 143 Å². The minimum Gasteiger partial charge on any atom is -0.346 e. The Bertz CT molecular complexity index is 528. The molecule has 0 radical (unpaired) electrons. The lowest BCUT2D eigenvalue weighted by Crippen LogP contribution is -2.50. The molecule has 1 heterocycles. The van der Waals surface area contributed by atoms with Crippen molar-refractivity contribution >= 4 is 29.9 Å². The van der Waals surface area contributed by atoms with Crippen LogP contribution in [-0.4, -0.2) is 49.7 Å². The summed E-state index contributed by atoms with van der Waals surface area (Å²) in [5.74, 6) is -0.642. The van der Waals surface area contributed by atoms with Gasteiger partial charge >= 0.3 is 6.18 Å². The third-order valence-electron chi connectivity index (χ3n) is 3.45. The highest BCUT2D eigenvalue weighted by atomic mass is 35.5. The molecule has 2 N–H and O–H groups in total. The topological polar surface area (TPSA) is 44.4 Å². The number of hydrogen-bond acceptors (Lipinski definition) is 3. The van der Waals surface area contributed by atoms with Crippen LogP contribution >= 0.6 is 24.0 Å². The standard InChI is InChI=1S/C14H17ClF3N3O.ClH/c15-11-4-2-1-3-10(11)12-7-19-5-6-21(12)8-13(22)20-9-14(16,17)18;/h1-4,12,19H,5-9H2,(H,20,22);1H. The number of rotatable bonds is 4. The van der Waals surface area contributed by atoms with Gasteiger partial charge in [-0.1, -0.05) is 29.8 Å². The molecule has 1 aliphatic rings. The number of nitrogens with zero attached hydrogens (tertiary/aromatic N) is 1. The van der Waals surface area contributed by atoms with Gasteiger partial charge in [0.1, 0.15) is 6.54 Å². The minimum atomic E-state index is -4.40. The van der Waals surface area contributed by atoms with Crippen molar-refractivity contribution in [1.82, 2.24) is 15.5 Å². The summed E-state index contributed by atoms with van der Waals surface area (Å²) in [7, 11) is 0. The summed E-state index contributed by atoms with van der Waals surface area (Å²) in [6.45, 7) is 0.432. The van der Waals surface area contributed by atoms with E-state index >= 15 is 0 Å². The van der Waals surface area contributed by atoms with E-state index in [1.165, 1.54) is 0 Å². The Morgan fingerprint density at radius 2 is 2.09 bits per heavy atom. The zero-order valence-corrected chi connectivity index (χ0v) is 13.8. The molecule has 1 aliphatic heterocycles. The van der Waals surface area contributed by atoms with Crippen LogP contribution in [0.15, 0.2) is 24.3 Å². The Morgan fingerprint density at radius 3 is 2.74 bits per heavy atom. The summed E-state index contributed by atoms with van der Waals surface area (Å²) in [6.07, 6.45) is -4.40. The molecule has 0 spiro atoms. The lowest BCUT2D eigenvalue weighted by molar-refractivity contribution is -0.139. The van der Waals surface area contributed by atoms with Crippen LogP contribution in [0.4, 0.5) is 13.2 Å². The molecule has 0 saturated carbocycles. The third-order valence-corrected chi connectivity index (χ3v) is 3.80. The molecule has 2 rings (SSSR count). The van der Waals surface area contributed by atoms with Gasteiger partial charge in [0.2, 0.25) is 5.91 Å². The van der Waals surface area contributed by atoms with Crippen LogP contribution in [0.25, 0.3) is 0 Å². The van der Waals surface area contributed by atoms with E-state index in [2.05, 4.69) is 5.32 Å². The van der Waals surface area contributed by atoms with Crippen LogP contribution in [0, 0.1) is 0 Å². The summed E-state index contributed by atoms with van der Waals surface area (Å²) in [6, 6.07) is 7.13. The average Bonchev–Trinajstić information content (AvgIpc) is 2.46. The molecule has 0 bridgehead atoms. The number of benzene rings is 1. The molecule has 130 valence electrons. The fraction of sp³-hybridized carbons (Fsp3) is 0.500. The Balaban J connectivity index is 0.00000264. The Morgan fingerprint density at radius 1 is 1.39 bits per heavy atom. The van der Waals surface area contributed by atoms with Crippen molar-refractivity contribution in [3.8, 4) is 0 Å². The second kappa shape index (κ2) is 8.73. The van der Waals surface area contributed by atoms with Gasteiger partial charge in [0.15, 0.2) is 0 Å². The van der Waals surface area contributed by atoms with Gasteiger partial charge in [-0.15, -0.1) is 12.4 Å². The zero-order chi connectivity index (χ0) is 16.2. The summed E-state index contributed by atoms with van der Waals surface area (Å²) in [5.41, 5.74) is 0.861. The first-order chi connectivity index (χ1) is 10.4. The molecule has 1 fully saturated rings. The number of hydrogen-bond donors (Lipinski definition) is 2. The molecule has 1 saturated heterocycles. The second-order valence-corrected chi connectivity index (χ2v) is 5.51. The number of carbonyl (C=O) groups excluding carboxylic acids is 1. The molecular weight excluding hydrogens is 354 g/mol. The van der Waals surface area contributed by atoms with Crippen LogP contribution < -0.4 is 10.6 Å². The maximum absolute atomic E-state index is 12.1. The maximum atomic E-state index is 12.1. The smallest absolute Gasteiger partial charge is 0.346 e. The van der Waals surface area contributed by atoms with E-state index in [0.717, 1.165) is 5.56 Å². The maximum Gasteiger partial charge on any atom is 0.405 e. The molecule has 1 atom stereocenters. The fourth-order valence-corrected chi connectivity index (χ4v) is 2.69. The van der Waals surface area contributed by atoms with E-state index in [4.69, 9.17) is 11.6 Å². The SMILES string of the molecule is Cl.O=C(CN1CCNCC1c1ccccc1Cl)NCC(F)(F)F. The van der Waals surface area contributed by atoms with Crippen molar-refractivity contribution in [2.45, 2.75) is 12.2 Å². The zero-order valence-electron chi connectivity index (χ0n) is 12.2. The molecule has 23 heavy (non-hydrogen) atoms. The first kappa shape index (κ1) is 20.0. The number of piperazine rings is 1. The Kier molecular flexibility index (Phi) is 7.60. The van der Waals surface area contributed by atoms with Gasteiger partial charge in [-0.3, -0.25) is 9.69 Å². The summed E-state index contributed by atoms with van der Waals surface area (Å²) < 4.78 is 36.4. The van der Waals surface area contributed by atoms with Gasteiger partial charge in [0.05, 0.1) is 6.54 Å². The van der Waals surface area contributed by atoms with Gasteiger partial charge in [-0.25, -0.2) is 0 Å². The lowest BCUT2D eigenvalue weighted by atomic mass is 10.0. The van der Waals surface area contributed by atoms with Crippen molar-refractivity contribution in [2.75, 3.05) is 32.7 Å². The predicted molar refractivity (Wildman–Crippen MR) is 84.9 cm³/mol. The number of halogens is 5. The highest BCUT2D eigenvalue weighted by molar-refractivity contribution is 6.31. The lowest BCUT2D eigenvalue weighted by Gasteiger charge is -2.36. The van der Waals surface area contributed by atoms with E-state index < -0.39 is 18.6 Å². The molecule has 0 aliphatic carbocycles. The van der Waals surface area contributed by atoms with E-state index in [1.807, 2.05) is 28.4 Å². The first-order valence-corrected chi connectivity index (χ1v) is 7.27. The van der Waals surface area contributed by atoms with Crippen molar-refractivity contribution < 1.29 is 18.0 Å². The quantitative estimate of drug-likeness (QED) is 0.853. The van der Waals surface area contributed by atoms with Crippen molar-refractivity contribution in [2.24, 2.45) is 0 Å². The summed E-state index contributed by atoms with van der Waals surface area (Å²) >= 11 is 6.18. The van der Waals surface area contributed by atoms with Gasteiger partial charge in [-0.05, 0) is 11.6 Å². The molecule has 0 aromatic heterocycles. The van der Waals surface area contributed by atoms with E-state index in [0.29, 0.717) is 24.7 Å². The highest BCUT2D eigenvalue weighted by Gasteiger charge is 2.30. The van der Waals surface area contributed by atoms with E-state index in [1.54, 1.807) is 6.07 Å². The minimum absolute atomic E-state index is 0. The summed E-state index contributed by atoms with van der Waals surface area (Å²) in [5, 5.41) is 5.69. The number of alkyl halides is 3. The monoisotopic (exact) mass is 371 g/mol. The summed E-state index contributed by atoms with van der Waals surface area (Å²) in [4.78, 5) is 13.6. The average molecular weight is 372 g/mol. The van der Waals surface area contributed by atoms with Crippen molar-refractivity contribution in [1.29, 1.82) is 0 Å². The number of amides is 1. The van der Waals surface area contributed by atoms with Gasteiger partial charge in [0.25, 0.3) is 0 Å². The van der Waals surface area contributed by atoms with Crippen LogP contribution in [-0.2, 0) is 4.79 Å². The van der Waals surface area contributed by atoms with E-state index in [9.17, 15) is 18.0 Å². The van der Waals surface area contributed by atoms with Crippen LogP contribution in [0.5, 0.6) is 0 Å². The van der Waals surface area contributed by atoms with Crippen molar-refractivity contribution in [3.63, 3.8) is 0 Å². The predicted octanol–water partition coefficient (Wildman–Crippen LogP) is 2.39. The Hall–Kier alpha value is -1.02. The molecule has 1 unspecified atom stereocenters. The molecular formula is C14H18Cl2F3N3O. The highest BCUT2D eigenvalue weighted by Crippen LogP contribution is 2.28. The van der Waals surface area contributed by atoms with Crippen molar-refractivity contribution in [3.05, 3.63) is 34.9 Å². The van der Waals surface area contributed by atoms with Crippen LogP contribution in [0.2, 0.25) is 5.02 Å². The number of nitrogens with one attached hydrogen (secondary N) is 2. The third kappa shape index (κ3) is 6.18. The molecule has 1 amide bonds. The normalized spacial score (nSPS) is 19.0. The molecule has 1 aromatic rings. The van der Waals surface area contributed by atoms with E-state index in [-0.39, 0.29) is 25.0 Å². The van der Waals surface area contributed by atoms with Gasteiger partial charge in [-0.2, -0.15) is 13.2 Å². The van der Waals surface area contributed by atoms with Gasteiger partial charge < -0.3 is 10.6 Å². The van der Waals surface area contributed by atoms with Gasteiger partial charge in [0, 0.05) is 30.7 Å². The largest absolute Gasteiger partial charge is 0.405 e. The second-order valence-electron chi connectivity index (χ2n) is 5.10. The molecule has 1 aromatic carbocycles. The first-order valence-electron chi connectivity index (χ1n) is 6.89. The molecule has 4 nitrogen and oxygen atoms in total.